The molecule has 0 aliphatic carbocycles. The number of quaternary nitrogens is 1. The van der Waals surface area contributed by atoms with E-state index >= 15 is 0 Å². The molecule has 0 fully saturated rings. The Morgan fingerprint density at radius 1 is 0.640 bits per heavy atom. The van der Waals surface area contributed by atoms with Crippen LogP contribution in [-0.4, -0.2) is 40.7 Å². The Hall–Kier alpha value is -1.64. The molecule has 0 atom stereocenters. The maximum absolute atomic E-state index is 8.58. The van der Waals surface area contributed by atoms with Crippen LogP contribution in [0.4, 0.5) is 0 Å². The first-order chi connectivity index (χ1) is 11.7. The van der Waals surface area contributed by atoms with Crippen molar-refractivity contribution in [3.05, 3.63) is 20.2 Å². The molecule has 0 radical (unpaired) electrons. The van der Waals surface area contributed by atoms with Crippen LogP contribution in [0.5, 0.6) is 0 Å². The fraction of sp³-hybridized carbons (Fsp3) is 1.00. The summed E-state index contributed by atoms with van der Waals surface area (Å²) >= 11 is 0. The SMILES string of the molecule is CCCC[N+](CCCC)(CCCC)CCCC.N[N+](=O)[O-].N[N+](=O)[O-]. The van der Waals surface area contributed by atoms with Crippen molar-refractivity contribution in [1.82, 2.24) is 0 Å². The number of hydrogen-bond donors (Lipinski definition) is 2. The lowest BCUT2D eigenvalue weighted by Gasteiger charge is -2.39. The van der Waals surface area contributed by atoms with Gasteiger partial charge in [0.05, 0.1) is 26.2 Å². The lowest BCUT2D eigenvalue weighted by molar-refractivity contribution is -0.929. The molecule has 25 heavy (non-hydrogen) atoms. The van der Waals surface area contributed by atoms with Crippen LogP contribution < -0.4 is 11.7 Å². The number of nitrogens with two attached hydrogens (primary N) is 2. The normalized spacial score (nSPS) is 10.1. The van der Waals surface area contributed by atoms with Crippen molar-refractivity contribution in [1.29, 1.82) is 0 Å². The second-order valence-corrected chi connectivity index (χ2v) is 6.22. The van der Waals surface area contributed by atoms with Gasteiger partial charge in [-0.25, -0.2) is 20.2 Å². The average Bonchev–Trinajstić information content (AvgIpc) is 2.52. The van der Waals surface area contributed by atoms with Crippen LogP contribution in [0.3, 0.4) is 0 Å². The Balaban J connectivity index is -0.000000503. The van der Waals surface area contributed by atoms with Gasteiger partial charge in [-0.15, -0.1) is 0 Å². The van der Waals surface area contributed by atoms with Gasteiger partial charge in [-0.3, -0.25) is 0 Å². The van der Waals surface area contributed by atoms with Gasteiger partial charge in [0.15, 0.2) is 10.1 Å². The lowest BCUT2D eigenvalue weighted by Crippen LogP contribution is -2.50. The van der Waals surface area contributed by atoms with Gasteiger partial charge in [0.2, 0.25) is 0 Å². The van der Waals surface area contributed by atoms with Gasteiger partial charge in [0.25, 0.3) is 0 Å². The van der Waals surface area contributed by atoms with Gasteiger partial charge in [-0.1, -0.05) is 53.4 Å². The zero-order valence-corrected chi connectivity index (χ0v) is 16.6. The van der Waals surface area contributed by atoms with Crippen molar-refractivity contribution in [2.45, 2.75) is 79.1 Å². The van der Waals surface area contributed by atoms with Crippen molar-refractivity contribution < 1.29 is 14.5 Å². The summed E-state index contributed by atoms with van der Waals surface area (Å²) in [6.07, 6.45) is 11.1. The summed E-state index contributed by atoms with van der Waals surface area (Å²) in [6, 6.07) is 0. The number of unbranched alkanes of at least 4 members (excludes halogenated alkanes) is 4. The first-order valence-electron chi connectivity index (χ1n) is 9.34. The predicted octanol–water partition coefficient (Wildman–Crippen LogP) is 3.28. The third kappa shape index (κ3) is 27.5. The zero-order valence-electron chi connectivity index (χ0n) is 16.6. The molecule has 0 amide bonds. The molecule has 0 saturated carbocycles. The highest BCUT2D eigenvalue weighted by Gasteiger charge is 2.24. The van der Waals surface area contributed by atoms with Crippen LogP contribution in [0.1, 0.15) is 79.1 Å². The number of hydrazine groups is 2. The van der Waals surface area contributed by atoms with Crippen LogP contribution in [0, 0.1) is 20.2 Å². The molecular weight excluding hydrogens is 326 g/mol. The zero-order chi connectivity index (χ0) is 20.1. The maximum Gasteiger partial charge on any atom is 0.154 e. The summed E-state index contributed by atoms with van der Waals surface area (Å²) in [5.41, 5.74) is 0. The number of nitro groups is 2. The molecule has 9 heteroatoms. The molecule has 0 saturated heterocycles. The molecular formula is C16H40N5O4+. The Labute approximate surface area is 152 Å². The van der Waals surface area contributed by atoms with Crippen LogP contribution >= 0.6 is 0 Å². The van der Waals surface area contributed by atoms with Crippen LogP contribution in [-0.2, 0) is 0 Å². The molecule has 0 aliphatic rings. The van der Waals surface area contributed by atoms with E-state index in [0.29, 0.717) is 0 Å². The molecule has 152 valence electrons. The van der Waals surface area contributed by atoms with Gasteiger partial charge in [-0.2, -0.15) is 11.7 Å². The monoisotopic (exact) mass is 366 g/mol. The molecule has 0 aromatic carbocycles. The standard InChI is InChI=1S/C16H36N.2H2N2O2/c1-5-9-13-17(14-10-6-2,15-11-7-3)16-12-8-4;2*1-2(3)4/h5-16H2,1-4H3;2*1H2/q+1;;. The van der Waals surface area contributed by atoms with E-state index in [-0.39, 0.29) is 0 Å². The highest BCUT2D eigenvalue weighted by atomic mass is 16.7. The number of nitrogens with zero attached hydrogens (tertiary/aromatic N) is 3. The van der Waals surface area contributed by atoms with Crippen LogP contribution in [0.25, 0.3) is 0 Å². The molecule has 0 bridgehead atoms. The lowest BCUT2D eigenvalue weighted by atomic mass is 10.1. The van der Waals surface area contributed by atoms with E-state index < -0.39 is 10.1 Å². The topological polar surface area (TPSA) is 138 Å². The first-order valence-corrected chi connectivity index (χ1v) is 9.34. The second kappa shape index (κ2) is 20.4. The number of rotatable bonds is 12. The van der Waals surface area contributed by atoms with Crippen molar-refractivity contribution in [3.8, 4) is 0 Å². The maximum atomic E-state index is 8.58. The summed E-state index contributed by atoms with van der Waals surface area (Å²) in [6.45, 7) is 15.0. The minimum Gasteiger partial charge on any atom is -0.324 e. The fourth-order valence-electron chi connectivity index (χ4n) is 2.64. The van der Waals surface area contributed by atoms with E-state index in [9.17, 15) is 0 Å². The summed E-state index contributed by atoms with van der Waals surface area (Å²) in [4.78, 5) is 17.2. The van der Waals surface area contributed by atoms with E-state index in [2.05, 4.69) is 39.4 Å². The van der Waals surface area contributed by atoms with Gasteiger partial charge >= 0.3 is 0 Å². The van der Waals surface area contributed by atoms with E-state index in [1.807, 2.05) is 0 Å². The third-order valence-electron chi connectivity index (χ3n) is 3.94. The van der Waals surface area contributed by atoms with Crippen molar-refractivity contribution in [3.63, 3.8) is 0 Å². The highest BCUT2D eigenvalue weighted by molar-refractivity contribution is 4.49. The Morgan fingerprint density at radius 3 is 0.920 bits per heavy atom. The average molecular weight is 367 g/mol. The molecule has 9 nitrogen and oxygen atoms in total. The molecule has 4 N–H and O–H groups in total. The quantitative estimate of drug-likeness (QED) is 0.235. The Kier molecular flexibility index (Phi) is 23.0. The van der Waals surface area contributed by atoms with Crippen molar-refractivity contribution >= 4 is 0 Å². The molecule has 0 aromatic heterocycles. The van der Waals surface area contributed by atoms with Gasteiger partial charge in [0, 0.05) is 0 Å². The third-order valence-corrected chi connectivity index (χ3v) is 3.94. The molecule has 0 aromatic rings. The van der Waals surface area contributed by atoms with Crippen LogP contribution in [0.2, 0.25) is 0 Å². The summed E-state index contributed by atoms with van der Waals surface area (Å²) < 4.78 is 1.42. The van der Waals surface area contributed by atoms with Crippen molar-refractivity contribution in [2.75, 3.05) is 26.2 Å². The van der Waals surface area contributed by atoms with Gasteiger partial charge in [-0.05, 0) is 25.7 Å². The van der Waals surface area contributed by atoms with E-state index in [1.165, 1.54) is 82.0 Å². The highest BCUT2D eigenvalue weighted by Crippen LogP contribution is 2.16. The fourth-order valence-corrected chi connectivity index (χ4v) is 2.64. The minimum absolute atomic E-state index is 1.00. The predicted molar refractivity (Wildman–Crippen MR) is 102 cm³/mol. The smallest absolute Gasteiger partial charge is 0.154 e. The molecule has 0 spiro atoms. The summed E-state index contributed by atoms with van der Waals surface area (Å²) in [5, 5.41) is 15.2. The molecule has 0 unspecified atom stereocenters. The largest absolute Gasteiger partial charge is 0.324 e. The van der Waals surface area contributed by atoms with Gasteiger partial charge < -0.3 is 4.48 Å². The summed E-state index contributed by atoms with van der Waals surface area (Å²) in [7, 11) is 0. The van der Waals surface area contributed by atoms with Crippen LogP contribution in [0.15, 0.2) is 0 Å². The summed E-state index contributed by atoms with van der Waals surface area (Å²) in [5.74, 6) is 7.67. The van der Waals surface area contributed by atoms with E-state index in [1.54, 1.807) is 0 Å². The van der Waals surface area contributed by atoms with E-state index in [4.69, 9.17) is 20.2 Å². The Bertz CT molecular complexity index is 259. The van der Waals surface area contributed by atoms with Gasteiger partial charge in [0.1, 0.15) is 0 Å². The minimum atomic E-state index is -1.00. The molecule has 0 aliphatic heterocycles. The molecule has 0 heterocycles. The van der Waals surface area contributed by atoms with E-state index in [0.717, 1.165) is 0 Å². The van der Waals surface area contributed by atoms with Crippen molar-refractivity contribution in [2.24, 2.45) is 11.7 Å². The first kappa shape index (κ1) is 28.2. The number of hydrogen-bond acceptors (Lipinski definition) is 4. The Morgan fingerprint density at radius 2 is 0.800 bits per heavy atom. The second-order valence-electron chi connectivity index (χ2n) is 6.22. The molecule has 0 rings (SSSR count).